The summed E-state index contributed by atoms with van der Waals surface area (Å²) in [5.74, 6) is 0.842. The topological polar surface area (TPSA) is 57.7 Å². The Bertz CT molecular complexity index is 1090. The van der Waals surface area contributed by atoms with Crippen LogP contribution in [0.1, 0.15) is 11.1 Å². The third-order valence-electron chi connectivity index (χ3n) is 6.58. The van der Waals surface area contributed by atoms with Gasteiger partial charge in [-0.2, -0.15) is 0 Å². The highest BCUT2D eigenvalue weighted by atomic mass is 16.5. The number of fused-ring (bicyclic) bond motifs is 3. The predicted molar refractivity (Wildman–Crippen MR) is 126 cm³/mol. The van der Waals surface area contributed by atoms with Gasteiger partial charge in [-0.1, -0.05) is 36.4 Å². The highest BCUT2D eigenvalue weighted by Crippen LogP contribution is 2.38. The first-order chi connectivity index (χ1) is 15.7. The van der Waals surface area contributed by atoms with Crippen LogP contribution in [0.4, 0.5) is 11.4 Å². The van der Waals surface area contributed by atoms with Crippen molar-refractivity contribution in [1.82, 2.24) is 10.3 Å². The van der Waals surface area contributed by atoms with Crippen LogP contribution >= 0.6 is 0 Å². The molecule has 3 aromatic rings. The maximum atomic E-state index is 13.4. The molecule has 1 saturated heterocycles. The Kier molecular flexibility index (Phi) is 5.67. The van der Waals surface area contributed by atoms with Gasteiger partial charge >= 0.3 is 0 Å². The lowest BCUT2D eigenvalue weighted by atomic mass is 9.83. The summed E-state index contributed by atoms with van der Waals surface area (Å²) in [6.45, 7) is 3.02. The summed E-state index contributed by atoms with van der Waals surface area (Å²) in [5, 5.41) is 3.16. The molecular weight excluding hydrogens is 400 g/mol. The Morgan fingerprint density at radius 1 is 1.06 bits per heavy atom. The Hall–Kier alpha value is -3.54. The summed E-state index contributed by atoms with van der Waals surface area (Å²) in [5.41, 5.74) is 4.60. The Balaban J connectivity index is 1.41. The first-order valence-corrected chi connectivity index (χ1v) is 11.1. The Morgan fingerprint density at radius 3 is 2.69 bits per heavy atom. The van der Waals surface area contributed by atoms with E-state index >= 15 is 0 Å². The van der Waals surface area contributed by atoms with Gasteiger partial charge in [-0.3, -0.25) is 9.78 Å². The van der Waals surface area contributed by atoms with E-state index in [0.29, 0.717) is 6.54 Å². The number of ether oxygens (including phenoxy) is 1. The summed E-state index contributed by atoms with van der Waals surface area (Å²) in [7, 11) is 1.71. The molecule has 6 nitrogen and oxygen atoms in total. The van der Waals surface area contributed by atoms with Gasteiger partial charge in [0.05, 0.1) is 24.8 Å². The molecule has 0 saturated carbocycles. The van der Waals surface area contributed by atoms with Crippen molar-refractivity contribution >= 4 is 17.3 Å². The largest absolute Gasteiger partial charge is 0.495 e. The zero-order chi connectivity index (χ0) is 21.9. The molecule has 32 heavy (non-hydrogen) atoms. The van der Waals surface area contributed by atoms with Gasteiger partial charge in [-0.05, 0) is 41.8 Å². The number of carbonyl (C=O) groups excluding carboxylic acids is 1. The predicted octanol–water partition coefficient (Wildman–Crippen LogP) is 3.27. The number of aromatic nitrogens is 1. The maximum Gasteiger partial charge on any atom is 0.225 e. The van der Waals surface area contributed by atoms with Crippen LogP contribution in [0.5, 0.6) is 5.75 Å². The number of nitrogens with one attached hydrogen (secondary N) is 1. The number of para-hydroxylation sites is 3. The van der Waals surface area contributed by atoms with E-state index in [4.69, 9.17) is 4.74 Å². The van der Waals surface area contributed by atoms with Crippen LogP contribution in [0.3, 0.4) is 0 Å². The van der Waals surface area contributed by atoms with Crippen molar-refractivity contribution in [1.29, 1.82) is 0 Å². The van der Waals surface area contributed by atoms with Crippen LogP contribution in [0.25, 0.3) is 0 Å². The van der Waals surface area contributed by atoms with Gasteiger partial charge in [0.1, 0.15) is 5.75 Å². The van der Waals surface area contributed by atoms with Gasteiger partial charge in [0, 0.05) is 44.3 Å². The molecule has 0 spiro atoms. The van der Waals surface area contributed by atoms with Crippen LogP contribution in [-0.4, -0.2) is 43.7 Å². The number of nitrogens with zero attached hydrogens (tertiary/aromatic N) is 3. The lowest BCUT2D eigenvalue weighted by molar-refractivity contribution is -0.126. The van der Waals surface area contributed by atoms with Gasteiger partial charge in [-0.15, -0.1) is 0 Å². The fourth-order valence-corrected chi connectivity index (χ4v) is 4.99. The van der Waals surface area contributed by atoms with Crippen molar-refractivity contribution in [3.8, 4) is 5.75 Å². The monoisotopic (exact) mass is 428 g/mol. The minimum Gasteiger partial charge on any atom is -0.495 e. The van der Waals surface area contributed by atoms with E-state index in [-0.39, 0.29) is 17.9 Å². The van der Waals surface area contributed by atoms with Gasteiger partial charge in [0.2, 0.25) is 5.91 Å². The highest BCUT2D eigenvalue weighted by Gasteiger charge is 2.41. The second-order valence-electron chi connectivity index (χ2n) is 8.40. The zero-order valence-electron chi connectivity index (χ0n) is 18.3. The standard InChI is InChI=1S/C26H28N4O2/c1-32-25-11-5-4-10-23(25)29-13-14-30-22-9-3-2-8-20(22)15-21(24(30)18-29)26(31)28-17-19-7-6-12-27-16-19/h2-12,16,21,24H,13-15,17-18H2,1H3,(H,28,31)/t21-,24-/m1/s1. The summed E-state index contributed by atoms with van der Waals surface area (Å²) in [6, 6.07) is 20.6. The molecule has 0 radical (unpaired) electrons. The Labute approximate surface area is 188 Å². The van der Waals surface area contributed by atoms with Gasteiger partial charge in [0.25, 0.3) is 0 Å². The number of anilines is 2. The van der Waals surface area contributed by atoms with E-state index in [9.17, 15) is 4.79 Å². The number of hydrogen-bond acceptors (Lipinski definition) is 5. The molecule has 1 N–H and O–H groups in total. The van der Waals surface area contributed by atoms with Crippen molar-refractivity contribution in [2.24, 2.45) is 5.92 Å². The quantitative estimate of drug-likeness (QED) is 0.676. The number of pyridine rings is 1. The molecule has 2 aromatic carbocycles. The first kappa shape index (κ1) is 20.4. The number of rotatable bonds is 5. The fraction of sp³-hybridized carbons (Fsp3) is 0.308. The van der Waals surface area contributed by atoms with Crippen molar-refractivity contribution in [2.45, 2.75) is 19.0 Å². The van der Waals surface area contributed by atoms with Crippen LogP contribution < -0.4 is 19.9 Å². The van der Waals surface area contributed by atoms with Crippen molar-refractivity contribution in [3.05, 3.63) is 84.2 Å². The van der Waals surface area contributed by atoms with E-state index in [1.165, 1.54) is 11.3 Å². The average molecular weight is 429 g/mol. The normalized spacial score (nSPS) is 19.7. The molecule has 2 atom stereocenters. The highest BCUT2D eigenvalue weighted by molar-refractivity contribution is 5.82. The van der Waals surface area contributed by atoms with Crippen LogP contribution in [0, 0.1) is 5.92 Å². The number of hydrogen-bond donors (Lipinski definition) is 1. The van der Waals surface area contributed by atoms with Crippen molar-refractivity contribution < 1.29 is 9.53 Å². The maximum absolute atomic E-state index is 13.4. The molecule has 1 amide bonds. The minimum atomic E-state index is -0.126. The molecule has 3 heterocycles. The lowest BCUT2D eigenvalue weighted by Crippen LogP contribution is -2.61. The van der Waals surface area contributed by atoms with Gasteiger partial charge < -0.3 is 19.9 Å². The molecule has 164 valence electrons. The second kappa shape index (κ2) is 8.91. The first-order valence-electron chi connectivity index (χ1n) is 11.1. The fourth-order valence-electron chi connectivity index (χ4n) is 4.99. The van der Waals surface area contributed by atoms with E-state index in [1.807, 2.05) is 30.3 Å². The molecule has 2 aliphatic rings. The second-order valence-corrected chi connectivity index (χ2v) is 8.40. The average Bonchev–Trinajstić information content (AvgIpc) is 2.87. The number of benzene rings is 2. The summed E-state index contributed by atoms with van der Waals surface area (Å²) >= 11 is 0. The van der Waals surface area contributed by atoms with Gasteiger partial charge in [0.15, 0.2) is 0 Å². The molecule has 1 fully saturated rings. The SMILES string of the molecule is COc1ccccc1N1CCN2c3ccccc3C[C@@H](C(=O)NCc3cccnc3)[C@H]2C1. The van der Waals surface area contributed by atoms with E-state index in [1.54, 1.807) is 19.5 Å². The van der Waals surface area contributed by atoms with Gasteiger partial charge in [-0.25, -0.2) is 0 Å². The molecule has 6 heteroatoms. The van der Waals surface area contributed by atoms with Crippen LogP contribution in [0.2, 0.25) is 0 Å². The van der Waals surface area contributed by atoms with E-state index in [0.717, 1.165) is 43.1 Å². The molecular formula is C26H28N4O2. The molecule has 5 rings (SSSR count). The smallest absolute Gasteiger partial charge is 0.225 e. The number of carbonyl (C=O) groups is 1. The zero-order valence-corrected chi connectivity index (χ0v) is 18.3. The number of methoxy groups -OCH3 is 1. The molecule has 2 aliphatic heterocycles. The summed E-state index contributed by atoms with van der Waals surface area (Å²) < 4.78 is 5.61. The van der Waals surface area contributed by atoms with Crippen molar-refractivity contribution in [3.63, 3.8) is 0 Å². The summed E-state index contributed by atoms with van der Waals surface area (Å²) in [4.78, 5) is 22.3. The molecule has 0 bridgehead atoms. The van der Waals surface area contributed by atoms with E-state index in [2.05, 4.69) is 50.4 Å². The van der Waals surface area contributed by atoms with Crippen molar-refractivity contribution in [2.75, 3.05) is 36.5 Å². The minimum absolute atomic E-state index is 0.0949. The van der Waals surface area contributed by atoms with Crippen LogP contribution in [-0.2, 0) is 17.8 Å². The molecule has 0 aliphatic carbocycles. The third-order valence-corrected chi connectivity index (χ3v) is 6.58. The van der Waals surface area contributed by atoms with E-state index < -0.39 is 0 Å². The number of amides is 1. The van der Waals surface area contributed by atoms with Crippen LogP contribution in [0.15, 0.2) is 73.1 Å². The Morgan fingerprint density at radius 2 is 1.88 bits per heavy atom. The number of piperazine rings is 1. The summed E-state index contributed by atoms with van der Waals surface area (Å²) in [6.07, 6.45) is 4.29. The molecule has 1 aromatic heterocycles. The third kappa shape index (κ3) is 3.88. The lowest BCUT2D eigenvalue weighted by Gasteiger charge is -2.49. The molecule has 0 unspecified atom stereocenters.